The van der Waals surface area contributed by atoms with Crippen molar-refractivity contribution in [1.29, 1.82) is 0 Å². The molecular formula is C23H24N4O2. The lowest BCUT2D eigenvalue weighted by molar-refractivity contribution is 0.0703. The zero-order chi connectivity index (χ0) is 19.8. The van der Waals surface area contributed by atoms with Crippen LogP contribution in [0.1, 0.15) is 65.1 Å². The molecule has 2 fully saturated rings. The third-order valence-corrected chi connectivity index (χ3v) is 5.89. The predicted octanol–water partition coefficient (Wildman–Crippen LogP) is 4.34. The second-order valence-corrected chi connectivity index (χ2v) is 8.06. The van der Waals surface area contributed by atoms with Crippen LogP contribution in [-0.2, 0) is 0 Å². The van der Waals surface area contributed by atoms with Gasteiger partial charge in [-0.1, -0.05) is 0 Å². The Hall–Kier alpha value is -3.02. The molecule has 6 nitrogen and oxygen atoms in total. The average Bonchev–Trinajstić information content (AvgIpc) is 3.55. The van der Waals surface area contributed by atoms with E-state index in [0.29, 0.717) is 12.5 Å². The van der Waals surface area contributed by atoms with Gasteiger partial charge in [-0.05, 0) is 56.4 Å². The van der Waals surface area contributed by atoms with Gasteiger partial charge in [-0.25, -0.2) is 9.97 Å². The highest BCUT2D eigenvalue weighted by Gasteiger charge is 2.35. The number of aromatic nitrogens is 3. The topological polar surface area (TPSA) is 72.1 Å². The molecule has 1 aliphatic heterocycles. The summed E-state index contributed by atoms with van der Waals surface area (Å²) in [5.74, 6) is 2.40. The first-order chi connectivity index (χ1) is 14.2. The van der Waals surface area contributed by atoms with Crippen molar-refractivity contribution in [3.8, 4) is 11.1 Å². The highest BCUT2D eigenvalue weighted by atomic mass is 16.3. The van der Waals surface area contributed by atoms with E-state index in [1.54, 1.807) is 18.7 Å². The Morgan fingerprint density at radius 3 is 2.76 bits per heavy atom. The van der Waals surface area contributed by atoms with Crippen molar-refractivity contribution < 1.29 is 9.21 Å². The number of amides is 1. The number of likely N-dealkylation sites (tertiary alicyclic amines) is 1. The van der Waals surface area contributed by atoms with E-state index in [-0.39, 0.29) is 11.8 Å². The zero-order valence-electron chi connectivity index (χ0n) is 16.5. The van der Waals surface area contributed by atoms with E-state index in [0.717, 1.165) is 66.1 Å². The maximum Gasteiger partial charge on any atom is 0.257 e. The van der Waals surface area contributed by atoms with Crippen molar-refractivity contribution >= 4 is 5.91 Å². The molecule has 3 aromatic heterocycles. The number of nitrogens with zero attached hydrogens (tertiary/aromatic N) is 4. The maximum absolute atomic E-state index is 13.3. The number of carbonyl (C=O) groups is 1. The summed E-state index contributed by atoms with van der Waals surface area (Å²) in [5, 5.41) is 0. The molecule has 1 amide bonds. The first-order valence-electron chi connectivity index (χ1n) is 10.3. The van der Waals surface area contributed by atoms with Crippen LogP contribution in [0, 0.1) is 6.92 Å². The summed E-state index contributed by atoms with van der Waals surface area (Å²) in [6, 6.07) is 5.86. The second kappa shape index (κ2) is 7.43. The minimum absolute atomic E-state index is 0.0907. The largest absolute Gasteiger partial charge is 0.465 e. The van der Waals surface area contributed by atoms with Gasteiger partial charge in [-0.3, -0.25) is 9.78 Å². The summed E-state index contributed by atoms with van der Waals surface area (Å²) in [4.78, 5) is 28.3. The van der Waals surface area contributed by atoms with Gasteiger partial charge < -0.3 is 9.32 Å². The first-order valence-corrected chi connectivity index (χ1v) is 10.3. The van der Waals surface area contributed by atoms with E-state index in [4.69, 9.17) is 4.42 Å². The summed E-state index contributed by atoms with van der Waals surface area (Å²) in [7, 11) is 0. The summed E-state index contributed by atoms with van der Waals surface area (Å²) >= 11 is 0. The number of hydrogen-bond donors (Lipinski definition) is 0. The van der Waals surface area contributed by atoms with Crippen LogP contribution in [0.25, 0.3) is 11.1 Å². The van der Waals surface area contributed by atoms with E-state index in [1.165, 1.54) is 0 Å². The van der Waals surface area contributed by atoms with Gasteiger partial charge in [0, 0.05) is 49.1 Å². The van der Waals surface area contributed by atoms with Gasteiger partial charge >= 0.3 is 0 Å². The summed E-state index contributed by atoms with van der Waals surface area (Å²) in [6.07, 6.45) is 11.2. The van der Waals surface area contributed by atoms with E-state index in [1.807, 2.05) is 36.2 Å². The van der Waals surface area contributed by atoms with Crippen molar-refractivity contribution in [3.63, 3.8) is 0 Å². The number of hydrogen-bond acceptors (Lipinski definition) is 5. The second-order valence-electron chi connectivity index (χ2n) is 8.06. The quantitative estimate of drug-likeness (QED) is 0.665. The van der Waals surface area contributed by atoms with Gasteiger partial charge in [-0.15, -0.1) is 0 Å². The lowest BCUT2D eigenvalue weighted by atomic mass is 9.90. The summed E-state index contributed by atoms with van der Waals surface area (Å²) < 4.78 is 5.86. The molecule has 1 saturated heterocycles. The minimum atomic E-state index is 0.0907. The minimum Gasteiger partial charge on any atom is -0.465 e. The van der Waals surface area contributed by atoms with Gasteiger partial charge in [0.2, 0.25) is 0 Å². The number of pyridine rings is 1. The van der Waals surface area contributed by atoms with Crippen LogP contribution in [0.4, 0.5) is 0 Å². The van der Waals surface area contributed by atoms with Gasteiger partial charge in [0.25, 0.3) is 5.91 Å². The van der Waals surface area contributed by atoms with Crippen LogP contribution in [0.5, 0.6) is 0 Å². The van der Waals surface area contributed by atoms with Crippen LogP contribution in [-0.4, -0.2) is 38.8 Å². The molecule has 1 atom stereocenters. The molecule has 0 radical (unpaired) electrons. The van der Waals surface area contributed by atoms with Crippen LogP contribution in [0.3, 0.4) is 0 Å². The fourth-order valence-corrected chi connectivity index (χ4v) is 4.32. The Morgan fingerprint density at radius 1 is 1.14 bits per heavy atom. The molecule has 2 aliphatic rings. The molecule has 0 unspecified atom stereocenters. The lowest BCUT2D eigenvalue weighted by Gasteiger charge is -2.33. The van der Waals surface area contributed by atoms with Crippen LogP contribution in [0.2, 0.25) is 0 Å². The Bertz CT molecular complexity index is 1030. The molecule has 0 spiro atoms. The van der Waals surface area contributed by atoms with E-state index < -0.39 is 0 Å². The van der Waals surface area contributed by atoms with Gasteiger partial charge in [0.05, 0.1) is 11.3 Å². The molecule has 5 rings (SSSR count). The van der Waals surface area contributed by atoms with E-state index in [2.05, 4.69) is 15.0 Å². The smallest absolute Gasteiger partial charge is 0.257 e. The van der Waals surface area contributed by atoms with Gasteiger partial charge in [0.15, 0.2) is 0 Å². The molecule has 1 saturated carbocycles. The van der Waals surface area contributed by atoms with Crippen LogP contribution < -0.4 is 0 Å². The highest BCUT2D eigenvalue weighted by Crippen LogP contribution is 2.43. The van der Waals surface area contributed by atoms with Crippen LogP contribution >= 0.6 is 0 Å². The van der Waals surface area contributed by atoms with E-state index in [9.17, 15) is 4.79 Å². The standard InChI is InChI=1S/C23H24N4O2/c1-15-11-19(22(29-15)17-4-5-17)23(28)27-10-2-3-18(13-27)21-20(12-25-14-26-21)16-6-8-24-9-7-16/h6-9,11-12,14,17-18H,2-5,10,13H2,1H3/t18-/m1/s1. The summed E-state index contributed by atoms with van der Waals surface area (Å²) in [6.45, 7) is 3.37. The number of aryl methyl sites for hydroxylation is 1. The lowest BCUT2D eigenvalue weighted by Crippen LogP contribution is -2.39. The first kappa shape index (κ1) is 18.0. The Kier molecular flexibility index (Phi) is 4.62. The number of rotatable bonds is 4. The highest BCUT2D eigenvalue weighted by molar-refractivity contribution is 5.95. The van der Waals surface area contributed by atoms with Crippen molar-refractivity contribution in [2.45, 2.75) is 44.4 Å². The number of carbonyl (C=O) groups excluding carboxylic acids is 1. The average molecular weight is 388 g/mol. The normalized spacial score (nSPS) is 19.3. The molecule has 1 aliphatic carbocycles. The third kappa shape index (κ3) is 3.55. The molecule has 4 heterocycles. The Balaban J connectivity index is 1.42. The van der Waals surface area contributed by atoms with Crippen LogP contribution in [0.15, 0.2) is 47.5 Å². The fraction of sp³-hybridized carbons (Fsp3) is 0.391. The molecular weight excluding hydrogens is 364 g/mol. The SMILES string of the molecule is Cc1cc(C(=O)N2CCC[C@@H](c3ncncc3-c3ccncc3)C2)c(C2CC2)o1. The van der Waals surface area contributed by atoms with Crippen molar-refractivity contribution in [2.75, 3.05) is 13.1 Å². The molecule has 0 N–H and O–H groups in total. The predicted molar refractivity (Wildman–Crippen MR) is 109 cm³/mol. The number of piperidine rings is 1. The van der Waals surface area contributed by atoms with Crippen molar-refractivity contribution in [3.05, 3.63) is 65.9 Å². The van der Waals surface area contributed by atoms with E-state index >= 15 is 0 Å². The molecule has 148 valence electrons. The molecule has 3 aromatic rings. The maximum atomic E-state index is 13.3. The molecule has 0 aromatic carbocycles. The monoisotopic (exact) mass is 388 g/mol. The molecule has 29 heavy (non-hydrogen) atoms. The fourth-order valence-electron chi connectivity index (χ4n) is 4.32. The van der Waals surface area contributed by atoms with Gasteiger partial charge in [0.1, 0.15) is 17.8 Å². The third-order valence-electron chi connectivity index (χ3n) is 5.89. The van der Waals surface area contributed by atoms with Crippen molar-refractivity contribution in [2.24, 2.45) is 0 Å². The Morgan fingerprint density at radius 2 is 1.97 bits per heavy atom. The molecule has 0 bridgehead atoms. The van der Waals surface area contributed by atoms with Gasteiger partial charge in [-0.2, -0.15) is 0 Å². The molecule has 6 heteroatoms. The number of furan rings is 1. The zero-order valence-corrected chi connectivity index (χ0v) is 16.5. The van der Waals surface area contributed by atoms with Crippen molar-refractivity contribution in [1.82, 2.24) is 19.9 Å². The summed E-state index contributed by atoms with van der Waals surface area (Å²) in [5.41, 5.74) is 3.84. The Labute approximate surface area is 170 Å².